The molecular formula is C28H42. The molecule has 0 saturated heterocycles. The van der Waals surface area contributed by atoms with Crippen molar-refractivity contribution in [1.29, 1.82) is 0 Å². The van der Waals surface area contributed by atoms with E-state index >= 15 is 0 Å². The van der Waals surface area contributed by atoms with E-state index in [4.69, 9.17) is 0 Å². The van der Waals surface area contributed by atoms with E-state index in [-0.39, 0.29) is 0 Å². The van der Waals surface area contributed by atoms with E-state index in [0.717, 1.165) is 18.3 Å². The van der Waals surface area contributed by atoms with Crippen molar-refractivity contribution < 1.29 is 0 Å². The minimum absolute atomic E-state index is 0.817. The Morgan fingerprint density at radius 2 is 1.43 bits per heavy atom. The van der Waals surface area contributed by atoms with Gasteiger partial charge in [-0.05, 0) is 104 Å². The van der Waals surface area contributed by atoms with Crippen LogP contribution in [-0.2, 0) is 19.3 Å². The molecule has 2 aromatic carbocycles. The minimum atomic E-state index is 0.817. The zero-order valence-electron chi connectivity index (χ0n) is 19.3. The molecule has 2 atom stereocenters. The Balaban J connectivity index is 0.00000136. The Labute approximate surface area is 174 Å². The summed E-state index contributed by atoms with van der Waals surface area (Å²) in [5.41, 5.74) is 9.04. The Hall–Kier alpha value is -1.56. The molecule has 3 rings (SSSR count). The van der Waals surface area contributed by atoms with Gasteiger partial charge < -0.3 is 0 Å². The molecular weight excluding hydrogens is 336 g/mol. The molecule has 0 aromatic heterocycles. The van der Waals surface area contributed by atoms with Gasteiger partial charge in [0.15, 0.2) is 0 Å². The Morgan fingerprint density at radius 3 is 1.96 bits per heavy atom. The van der Waals surface area contributed by atoms with Crippen LogP contribution in [0.25, 0.3) is 0 Å². The minimum Gasteiger partial charge on any atom is -0.0683 e. The first-order valence-electron chi connectivity index (χ1n) is 11.8. The van der Waals surface area contributed by atoms with Gasteiger partial charge in [-0.2, -0.15) is 0 Å². The van der Waals surface area contributed by atoms with E-state index < -0.39 is 0 Å². The molecule has 0 radical (unpaired) electrons. The fourth-order valence-electron chi connectivity index (χ4n) is 4.99. The molecule has 1 fully saturated rings. The maximum Gasteiger partial charge on any atom is -0.0159 e. The van der Waals surface area contributed by atoms with Gasteiger partial charge in [-0.1, -0.05) is 70.5 Å². The van der Waals surface area contributed by atoms with Gasteiger partial charge in [0.25, 0.3) is 0 Å². The first-order valence-corrected chi connectivity index (χ1v) is 11.8. The molecule has 0 heteroatoms. The summed E-state index contributed by atoms with van der Waals surface area (Å²) in [4.78, 5) is 0. The van der Waals surface area contributed by atoms with Crippen molar-refractivity contribution in [2.45, 2.75) is 98.8 Å². The van der Waals surface area contributed by atoms with Gasteiger partial charge in [0.2, 0.25) is 0 Å². The van der Waals surface area contributed by atoms with Crippen LogP contribution in [0.1, 0.15) is 99.1 Å². The number of hydrogen-bond acceptors (Lipinski definition) is 0. The highest BCUT2D eigenvalue weighted by Crippen LogP contribution is 2.39. The highest BCUT2D eigenvalue weighted by molar-refractivity contribution is 5.38. The molecule has 2 aromatic rings. The van der Waals surface area contributed by atoms with Gasteiger partial charge in [0.05, 0.1) is 0 Å². The second-order valence-electron chi connectivity index (χ2n) is 8.44. The van der Waals surface area contributed by atoms with Crippen LogP contribution in [0.4, 0.5) is 0 Å². The highest BCUT2D eigenvalue weighted by atomic mass is 14.3. The van der Waals surface area contributed by atoms with Crippen LogP contribution in [0.3, 0.4) is 0 Å². The average molecular weight is 379 g/mol. The van der Waals surface area contributed by atoms with E-state index in [1.54, 1.807) is 5.56 Å². The van der Waals surface area contributed by atoms with Gasteiger partial charge in [0.1, 0.15) is 0 Å². The smallest absolute Gasteiger partial charge is 0.0159 e. The van der Waals surface area contributed by atoms with Gasteiger partial charge in [-0.25, -0.2) is 0 Å². The summed E-state index contributed by atoms with van der Waals surface area (Å²) in [5, 5.41) is 0. The first-order chi connectivity index (χ1) is 13.6. The fraction of sp³-hybridized carbons (Fsp3) is 0.571. The number of hydrogen-bond donors (Lipinski definition) is 0. The standard InChI is InChI=1S/C26H36.C2H6/c1-5-21-10-15-25(18-21)24-13-11-22(12-14-24)8-7-9-23-16-19(3)26(6-2)20(4)17-23;1-2/h11-14,16-17,21,25H,5-10,15,18H2,1-4H3;1-2H3. The van der Waals surface area contributed by atoms with Crippen LogP contribution in [0.5, 0.6) is 0 Å². The molecule has 1 saturated carbocycles. The molecule has 0 N–H and O–H groups in total. The van der Waals surface area contributed by atoms with Gasteiger partial charge in [-0.15, -0.1) is 0 Å². The van der Waals surface area contributed by atoms with Crippen molar-refractivity contribution in [3.05, 3.63) is 69.8 Å². The quantitative estimate of drug-likeness (QED) is 0.454. The van der Waals surface area contributed by atoms with Gasteiger partial charge >= 0.3 is 0 Å². The third-order valence-electron chi connectivity index (χ3n) is 6.61. The van der Waals surface area contributed by atoms with Crippen LogP contribution < -0.4 is 0 Å². The van der Waals surface area contributed by atoms with Crippen molar-refractivity contribution in [2.24, 2.45) is 5.92 Å². The van der Waals surface area contributed by atoms with Gasteiger partial charge in [0, 0.05) is 0 Å². The number of benzene rings is 2. The normalized spacial score (nSPS) is 18.6. The summed E-state index contributed by atoms with van der Waals surface area (Å²) < 4.78 is 0. The summed E-state index contributed by atoms with van der Waals surface area (Å²) in [6.07, 6.45) is 10.3. The third kappa shape index (κ3) is 5.97. The zero-order chi connectivity index (χ0) is 20.5. The van der Waals surface area contributed by atoms with Crippen molar-refractivity contribution in [3.8, 4) is 0 Å². The Morgan fingerprint density at radius 1 is 0.821 bits per heavy atom. The first kappa shape index (κ1) is 22.7. The average Bonchev–Trinajstić information content (AvgIpc) is 3.19. The molecule has 0 bridgehead atoms. The van der Waals surface area contributed by atoms with Crippen molar-refractivity contribution in [1.82, 2.24) is 0 Å². The molecule has 1 aliphatic rings. The predicted molar refractivity (Wildman–Crippen MR) is 125 cm³/mol. The van der Waals surface area contributed by atoms with Crippen molar-refractivity contribution >= 4 is 0 Å². The van der Waals surface area contributed by atoms with Crippen LogP contribution in [0, 0.1) is 19.8 Å². The van der Waals surface area contributed by atoms with Crippen molar-refractivity contribution in [2.75, 3.05) is 0 Å². The molecule has 0 aliphatic heterocycles. The van der Waals surface area contributed by atoms with E-state index in [1.165, 1.54) is 72.8 Å². The lowest BCUT2D eigenvalue weighted by atomic mass is 9.93. The maximum absolute atomic E-state index is 2.41. The lowest BCUT2D eigenvalue weighted by Crippen LogP contribution is -1.97. The topological polar surface area (TPSA) is 0 Å². The van der Waals surface area contributed by atoms with Crippen LogP contribution >= 0.6 is 0 Å². The van der Waals surface area contributed by atoms with Crippen molar-refractivity contribution in [3.63, 3.8) is 0 Å². The molecule has 0 nitrogen and oxygen atoms in total. The SMILES string of the molecule is CC.CCc1c(C)cc(CCCc2ccc(C3CCC(CC)C3)cc2)cc1C. The highest BCUT2D eigenvalue weighted by Gasteiger charge is 2.24. The molecule has 0 spiro atoms. The van der Waals surface area contributed by atoms with E-state index in [0.29, 0.717) is 0 Å². The summed E-state index contributed by atoms with van der Waals surface area (Å²) in [6.45, 7) is 13.1. The molecule has 0 amide bonds. The second kappa shape index (κ2) is 11.4. The fourth-order valence-corrected chi connectivity index (χ4v) is 4.99. The lowest BCUT2D eigenvalue weighted by molar-refractivity contribution is 0.521. The number of aryl methyl sites for hydroxylation is 4. The van der Waals surface area contributed by atoms with Crippen LogP contribution in [0.15, 0.2) is 36.4 Å². The van der Waals surface area contributed by atoms with Crippen LogP contribution in [-0.4, -0.2) is 0 Å². The van der Waals surface area contributed by atoms with Gasteiger partial charge in [-0.3, -0.25) is 0 Å². The Kier molecular flexibility index (Phi) is 9.29. The monoisotopic (exact) mass is 378 g/mol. The molecule has 1 aliphatic carbocycles. The van der Waals surface area contributed by atoms with Crippen LogP contribution in [0.2, 0.25) is 0 Å². The second-order valence-corrected chi connectivity index (χ2v) is 8.44. The number of rotatable bonds is 7. The van der Waals surface area contributed by atoms with E-state index in [1.807, 2.05) is 13.8 Å². The largest absolute Gasteiger partial charge is 0.0683 e. The van der Waals surface area contributed by atoms with E-state index in [2.05, 4.69) is 64.1 Å². The molecule has 154 valence electrons. The lowest BCUT2D eigenvalue weighted by Gasteiger charge is -2.12. The molecule has 28 heavy (non-hydrogen) atoms. The molecule has 2 unspecified atom stereocenters. The Bertz CT molecular complexity index is 684. The summed E-state index contributed by atoms with van der Waals surface area (Å²) >= 11 is 0. The van der Waals surface area contributed by atoms with E-state index in [9.17, 15) is 0 Å². The summed E-state index contributed by atoms with van der Waals surface area (Å²) in [5.74, 6) is 1.78. The summed E-state index contributed by atoms with van der Waals surface area (Å²) in [7, 11) is 0. The maximum atomic E-state index is 2.41. The third-order valence-corrected chi connectivity index (χ3v) is 6.61. The zero-order valence-corrected chi connectivity index (χ0v) is 19.3. The molecule has 0 heterocycles. The summed E-state index contributed by atoms with van der Waals surface area (Å²) in [6, 6.07) is 14.4. The predicted octanol–water partition coefficient (Wildman–Crippen LogP) is 8.36.